The quantitative estimate of drug-likeness (QED) is 0.486. The smallest absolute Gasteiger partial charge is 0.238 e. The van der Waals surface area contributed by atoms with Crippen molar-refractivity contribution in [3.63, 3.8) is 0 Å². The number of hydrogen-bond acceptors (Lipinski definition) is 3. The molecular weight excluding hydrogens is 287 g/mol. The molecule has 102 valence electrons. The molecule has 0 fully saturated rings. The molecule has 2 aromatic heterocycles. The van der Waals surface area contributed by atoms with Gasteiger partial charge in [-0.1, -0.05) is 30.3 Å². The SMILES string of the molecule is O=C(c1cc2cccc(F)c2o1)c1cc2ccccc2s1. The predicted molar refractivity (Wildman–Crippen MR) is 81.4 cm³/mol. The van der Waals surface area contributed by atoms with Crippen LogP contribution in [0.25, 0.3) is 21.1 Å². The van der Waals surface area contributed by atoms with Crippen molar-refractivity contribution < 1.29 is 13.6 Å². The molecule has 0 saturated heterocycles. The van der Waals surface area contributed by atoms with E-state index in [1.165, 1.54) is 17.4 Å². The summed E-state index contributed by atoms with van der Waals surface area (Å²) >= 11 is 1.41. The molecule has 0 radical (unpaired) electrons. The Labute approximate surface area is 123 Å². The van der Waals surface area contributed by atoms with Gasteiger partial charge < -0.3 is 4.42 Å². The second kappa shape index (κ2) is 4.53. The zero-order chi connectivity index (χ0) is 14.4. The molecule has 2 aromatic carbocycles. The Hall–Kier alpha value is -2.46. The topological polar surface area (TPSA) is 30.2 Å². The van der Waals surface area contributed by atoms with Crippen LogP contribution in [0, 0.1) is 5.82 Å². The highest BCUT2D eigenvalue weighted by Crippen LogP contribution is 2.29. The van der Waals surface area contributed by atoms with Crippen LogP contribution in [0.4, 0.5) is 4.39 Å². The van der Waals surface area contributed by atoms with Crippen LogP contribution in [-0.4, -0.2) is 5.78 Å². The molecule has 21 heavy (non-hydrogen) atoms. The van der Waals surface area contributed by atoms with Crippen molar-refractivity contribution >= 4 is 38.2 Å². The molecule has 4 heteroatoms. The molecule has 2 nitrogen and oxygen atoms in total. The minimum atomic E-state index is -0.456. The fraction of sp³-hybridized carbons (Fsp3) is 0. The fourth-order valence-electron chi connectivity index (χ4n) is 2.35. The average Bonchev–Trinajstić information content (AvgIpc) is 3.11. The van der Waals surface area contributed by atoms with E-state index in [9.17, 15) is 9.18 Å². The van der Waals surface area contributed by atoms with Crippen LogP contribution < -0.4 is 0 Å². The normalized spacial score (nSPS) is 11.3. The van der Waals surface area contributed by atoms with E-state index in [0.29, 0.717) is 10.3 Å². The van der Waals surface area contributed by atoms with Gasteiger partial charge in [0.15, 0.2) is 17.2 Å². The summed E-state index contributed by atoms with van der Waals surface area (Å²) in [7, 11) is 0. The molecule has 0 unspecified atom stereocenters. The van der Waals surface area contributed by atoms with Gasteiger partial charge in [-0.05, 0) is 29.7 Å². The molecule has 0 atom stereocenters. The van der Waals surface area contributed by atoms with Gasteiger partial charge in [-0.3, -0.25) is 4.79 Å². The van der Waals surface area contributed by atoms with Crippen molar-refractivity contribution in [2.75, 3.05) is 0 Å². The Bertz CT molecular complexity index is 948. The zero-order valence-electron chi connectivity index (χ0n) is 10.8. The van der Waals surface area contributed by atoms with Crippen LogP contribution in [-0.2, 0) is 0 Å². The number of carbonyl (C=O) groups is 1. The number of ketones is 1. The van der Waals surface area contributed by atoms with Gasteiger partial charge in [-0.15, -0.1) is 11.3 Å². The van der Waals surface area contributed by atoms with Gasteiger partial charge in [0.2, 0.25) is 5.78 Å². The molecule has 0 saturated carbocycles. The summed E-state index contributed by atoms with van der Waals surface area (Å²) in [6.45, 7) is 0. The lowest BCUT2D eigenvalue weighted by molar-refractivity contribution is 0.101. The molecule has 0 amide bonds. The highest BCUT2D eigenvalue weighted by molar-refractivity contribution is 7.21. The number of furan rings is 1. The molecular formula is C17H9FO2S. The minimum absolute atomic E-state index is 0.127. The van der Waals surface area contributed by atoms with E-state index in [1.807, 2.05) is 30.3 Å². The zero-order valence-corrected chi connectivity index (χ0v) is 11.6. The lowest BCUT2D eigenvalue weighted by atomic mass is 10.2. The Balaban J connectivity index is 1.83. The Kier molecular flexibility index (Phi) is 2.65. The van der Waals surface area contributed by atoms with Crippen molar-refractivity contribution in [1.82, 2.24) is 0 Å². The molecule has 4 rings (SSSR count). The number of rotatable bonds is 2. The van der Waals surface area contributed by atoms with Crippen LogP contribution in [0.5, 0.6) is 0 Å². The van der Waals surface area contributed by atoms with Gasteiger partial charge in [0.05, 0.1) is 4.88 Å². The van der Waals surface area contributed by atoms with Gasteiger partial charge in [0.25, 0.3) is 0 Å². The molecule has 0 aliphatic carbocycles. The van der Waals surface area contributed by atoms with Crippen LogP contribution in [0.1, 0.15) is 15.4 Å². The third kappa shape index (κ3) is 1.96. The molecule has 0 spiro atoms. The summed E-state index contributed by atoms with van der Waals surface area (Å²) in [6.07, 6.45) is 0. The summed E-state index contributed by atoms with van der Waals surface area (Å²) in [5.41, 5.74) is 0.127. The number of benzene rings is 2. The van der Waals surface area contributed by atoms with E-state index in [-0.39, 0.29) is 17.1 Å². The maximum absolute atomic E-state index is 13.6. The first kappa shape index (κ1) is 12.3. The first-order valence-electron chi connectivity index (χ1n) is 6.44. The maximum Gasteiger partial charge on any atom is 0.238 e. The summed E-state index contributed by atoms with van der Waals surface area (Å²) < 4.78 is 20.1. The summed E-state index contributed by atoms with van der Waals surface area (Å²) in [4.78, 5) is 13.1. The largest absolute Gasteiger partial charge is 0.449 e. The third-order valence-corrected chi connectivity index (χ3v) is 4.48. The third-order valence-electron chi connectivity index (χ3n) is 3.37. The highest BCUT2D eigenvalue weighted by atomic mass is 32.1. The summed E-state index contributed by atoms with van der Waals surface area (Å²) in [6, 6.07) is 15.9. The van der Waals surface area contributed by atoms with E-state index in [4.69, 9.17) is 4.42 Å². The molecule has 2 heterocycles. The summed E-state index contributed by atoms with van der Waals surface area (Å²) in [5, 5.41) is 1.62. The number of carbonyl (C=O) groups excluding carboxylic acids is 1. The highest BCUT2D eigenvalue weighted by Gasteiger charge is 2.18. The Morgan fingerprint density at radius 1 is 1.00 bits per heavy atom. The molecule has 0 aliphatic rings. The second-order valence-corrected chi connectivity index (χ2v) is 5.83. The Morgan fingerprint density at radius 2 is 1.81 bits per heavy atom. The van der Waals surface area contributed by atoms with E-state index < -0.39 is 5.82 Å². The number of hydrogen-bond donors (Lipinski definition) is 0. The monoisotopic (exact) mass is 296 g/mol. The van der Waals surface area contributed by atoms with Gasteiger partial charge >= 0.3 is 0 Å². The van der Waals surface area contributed by atoms with Crippen LogP contribution >= 0.6 is 11.3 Å². The first-order chi connectivity index (χ1) is 10.2. The number of thiophene rings is 1. The number of halogens is 1. The second-order valence-electron chi connectivity index (χ2n) is 4.75. The van der Waals surface area contributed by atoms with Crippen molar-refractivity contribution in [3.05, 3.63) is 71.1 Å². The van der Waals surface area contributed by atoms with E-state index in [1.54, 1.807) is 18.2 Å². The van der Waals surface area contributed by atoms with Gasteiger partial charge in [0.1, 0.15) is 0 Å². The number of para-hydroxylation sites is 1. The molecule has 4 aromatic rings. The lowest BCUT2D eigenvalue weighted by Crippen LogP contribution is -1.95. The Morgan fingerprint density at radius 3 is 2.62 bits per heavy atom. The standard InChI is InChI=1S/C17H9FO2S/c18-12-6-3-5-11-8-13(20-17(11)12)16(19)15-9-10-4-1-2-7-14(10)21-15/h1-9H. The van der Waals surface area contributed by atoms with Crippen LogP contribution in [0.3, 0.4) is 0 Å². The van der Waals surface area contributed by atoms with Crippen molar-refractivity contribution in [2.45, 2.75) is 0 Å². The van der Waals surface area contributed by atoms with Crippen molar-refractivity contribution in [1.29, 1.82) is 0 Å². The van der Waals surface area contributed by atoms with Crippen LogP contribution in [0.15, 0.2) is 59.0 Å². The molecule has 0 aliphatic heterocycles. The van der Waals surface area contributed by atoms with Gasteiger partial charge in [0, 0.05) is 10.1 Å². The molecule has 0 bridgehead atoms. The van der Waals surface area contributed by atoms with Crippen molar-refractivity contribution in [3.8, 4) is 0 Å². The lowest BCUT2D eigenvalue weighted by Gasteiger charge is -1.91. The van der Waals surface area contributed by atoms with E-state index >= 15 is 0 Å². The number of fused-ring (bicyclic) bond motifs is 2. The minimum Gasteiger partial charge on any atom is -0.449 e. The average molecular weight is 296 g/mol. The predicted octanol–water partition coefficient (Wildman–Crippen LogP) is 5.02. The van der Waals surface area contributed by atoms with E-state index in [2.05, 4.69) is 0 Å². The van der Waals surface area contributed by atoms with Crippen LogP contribution in [0.2, 0.25) is 0 Å². The van der Waals surface area contributed by atoms with Gasteiger partial charge in [-0.2, -0.15) is 0 Å². The summed E-state index contributed by atoms with van der Waals surface area (Å²) in [5.74, 6) is -0.503. The van der Waals surface area contributed by atoms with E-state index in [0.717, 1.165) is 10.1 Å². The maximum atomic E-state index is 13.6. The first-order valence-corrected chi connectivity index (χ1v) is 7.25. The molecule has 0 N–H and O–H groups in total. The van der Waals surface area contributed by atoms with Crippen molar-refractivity contribution in [2.24, 2.45) is 0 Å². The fourth-order valence-corrected chi connectivity index (χ4v) is 3.36. The van der Waals surface area contributed by atoms with Gasteiger partial charge in [-0.25, -0.2) is 4.39 Å².